The van der Waals surface area contributed by atoms with E-state index in [4.69, 9.17) is 20.4 Å². The number of sulfonamides is 1. The maximum absolute atomic E-state index is 12.6. The molecule has 33 heavy (non-hydrogen) atoms. The van der Waals surface area contributed by atoms with Crippen molar-refractivity contribution >= 4 is 27.7 Å². The van der Waals surface area contributed by atoms with Crippen LogP contribution in [-0.4, -0.2) is 90.4 Å². The molecule has 11 nitrogen and oxygen atoms in total. The van der Waals surface area contributed by atoms with E-state index in [0.717, 1.165) is 61.5 Å². The number of nitrogen functional groups attached to an aromatic ring is 1. The molecule has 1 aliphatic carbocycles. The van der Waals surface area contributed by atoms with Gasteiger partial charge in [0.2, 0.25) is 21.9 Å². The Labute approximate surface area is 193 Å². The lowest BCUT2D eigenvalue weighted by Gasteiger charge is -2.43. The summed E-state index contributed by atoms with van der Waals surface area (Å²) in [7, 11) is -3.16. The number of rotatable bonds is 6. The van der Waals surface area contributed by atoms with Crippen LogP contribution in [0.2, 0.25) is 0 Å². The molecular weight excluding hydrogens is 444 g/mol. The van der Waals surface area contributed by atoms with Gasteiger partial charge in [0.15, 0.2) is 0 Å². The van der Waals surface area contributed by atoms with E-state index in [2.05, 4.69) is 19.8 Å². The molecule has 3 aliphatic heterocycles. The highest BCUT2D eigenvalue weighted by molar-refractivity contribution is 7.89. The van der Waals surface area contributed by atoms with E-state index in [1.807, 2.05) is 0 Å². The van der Waals surface area contributed by atoms with Gasteiger partial charge in [-0.2, -0.15) is 9.29 Å². The maximum Gasteiger partial charge on any atom is 0.228 e. The third kappa shape index (κ3) is 4.00. The largest absolute Gasteiger partial charge is 0.378 e. The number of aromatic nitrogens is 4. The fraction of sp³-hybridized carbons (Fsp3) is 0.619. The van der Waals surface area contributed by atoms with Gasteiger partial charge >= 0.3 is 0 Å². The van der Waals surface area contributed by atoms with Crippen LogP contribution in [0, 0.1) is 5.92 Å². The molecule has 0 atom stereocenters. The topological polar surface area (TPSA) is 131 Å². The van der Waals surface area contributed by atoms with Crippen molar-refractivity contribution in [2.75, 3.05) is 67.2 Å². The molecule has 0 unspecified atom stereocenters. The van der Waals surface area contributed by atoms with Crippen LogP contribution in [0.3, 0.4) is 0 Å². The minimum Gasteiger partial charge on any atom is -0.378 e. The van der Waals surface area contributed by atoms with Gasteiger partial charge in [-0.05, 0) is 25.2 Å². The van der Waals surface area contributed by atoms with Crippen LogP contribution in [0.4, 0.5) is 17.7 Å². The summed E-state index contributed by atoms with van der Waals surface area (Å²) in [5.74, 6) is 2.42. The number of anilines is 3. The van der Waals surface area contributed by atoms with Crippen molar-refractivity contribution in [3.8, 4) is 11.3 Å². The number of hydrogen-bond donors (Lipinski definition) is 1. The molecule has 0 amide bonds. The molecular formula is C21H28N8O3S. The average molecular weight is 473 g/mol. The van der Waals surface area contributed by atoms with Crippen molar-refractivity contribution in [2.45, 2.75) is 25.3 Å². The minimum absolute atomic E-state index is 0.128. The van der Waals surface area contributed by atoms with Gasteiger partial charge in [0.05, 0.1) is 30.7 Å². The van der Waals surface area contributed by atoms with Gasteiger partial charge in [-0.25, -0.2) is 23.4 Å². The Balaban J connectivity index is 1.30. The van der Waals surface area contributed by atoms with Crippen LogP contribution in [0.15, 0.2) is 12.4 Å². The lowest BCUT2D eigenvalue weighted by Crippen LogP contribution is -2.61. The zero-order chi connectivity index (χ0) is 22.6. The van der Waals surface area contributed by atoms with Crippen LogP contribution in [0.25, 0.3) is 11.3 Å². The van der Waals surface area contributed by atoms with Crippen LogP contribution < -0.4 is 15.5 Å². The smallest absolute Gasteiger partial charge is 0.228 e. The van der Waals surface area contributed by atoms with E-state index in [9.17, 15) is 8.42 Å². The molecule has 0 spiro atoms. The molecule has 1 saturated carbocycles. The molecule has 4 aliphatic rings. The van der Waals surface area contributed by atoms with E-state index in [-0.39, 0.29) is 12.0 Å². The molecule has 2 saturated heterocycles. The maximum atomic E-state index is 12.6. The zero-order valence-corrected chi connectivity index (χ0v) is 19.2. The number of hydrogen-bond acceptors (Lipinski definition) is 10. The molecule has 2 N–H and O–H groups in total. The summed E-state index contributed by atoms with van der Waals surface area (Å²) >= 11 is 0. The second-order valence-corrected chi connectivity index (χ2v) is 11.3. The van der Waals surface area contributed by atoms with E-state index in [1.165, 1.54) is 0 Å². The first-order valence-corrected chi connectivity index (χ1v) is 13.1. The first-order valence-electron chi connectivity index (χ1n) is 11.5. The van der Waals surface area contributed by atoms with Gasteiger partial charge in [0.25, 0.3) is 0 Å². The monoisotopic (exact) mass is 472 g/mol. The molecule has 2 aromatic heterocycles. The summed E-state index contributed by atoms with van der Waals surface area (Å²) in [6.45, 7) is 4.57. The molecule has 176 valence electrons. The molecule has 12 heteroatoms. The van der Waals surface area contributed by atoms with Gasteiger partial charge in [0.1, 0.15) is 5.82 Å². The van der Waals surface area contributed by atoms with Gasteiger partial charge in [-0.15, -0.1) is 0 Å². The van der Waals surface area contributed by atoms with Crippen LogP contribution in [0.5, 0.6) is 0 Å². The lowest BCUT2D eigenvalue weighted by atomic mass is 10.1. The second kappa shape index (κ2) is 8.03. The lowest BCUT2D eigenvalue weighted by molar-refractivity contribution is 0.122. The Morgan fingerprint density at radius 2 is 1.79 bits per heavy atom. The van der Waals surface area contributed by atoms with Gasteiger partial charge < -0.3 is 20.3 Å². The third-order valence-corrected chi connectivity index (χ3v) is 8.87. The fourth-order valence-electron chi connectivity index (χ4n) is 4.75. The quantitative estimate of drug-likeness (QED) is 0.619. The molecule has 2 aromatic rings. The van der Waals surface area contributed by atoms with Crippen molar-refractivity contribution < 1.29 is 13.2 Å². The third-order valence-electron chi connectivity index (χ3n) is 6.89. The minimum atomic E-state index is -3.16. The first-order chi connectivity index (χ1) is 16.0. The van der Waals surface area contributed by atoms with E-state index >= 15 is 0 Å². The molecule has 0 aromatic carbocycles. The summed E-state index contributed by atoms with van der Waals surface area (Å²) in [5.41, 5.74) is 8.38. The highest BCUT2D eigenvalue weighted by Crippen LogP contribution is 2.39. The molecule has 3 fully saturated rings. The summed E-state index contributed by atoms with van der Waals surface area (Å²) < 4.78 is 32.4. The number of fused-ring (bicyclic) bond motifs is 1. The van der Waals surface area contributed by atoms with Gasteiger partial charge in [-0.3, -0.25) is 0 Å². The Kier molecular flexibility index (Phi) is 5.11. The Morgan fingerprint density at radius 1 is 1.06 bits per heavy atom. The summed E-state index contributed by atoms with van der Waals surface area (Å²) in [4.78, 5) is 22.6. The van der Waals surface area contributed by atoms with Crippen molar-refractivity contribution in [3.05, 3.63) is 18.0 Å². The number of ether oxygens (including phenoxy) is 1. The van der Waals surface area contributed by atoms with E-state index < -0.39 is 10.0 Å². The number of morpholine rings is 1. The Morgan fingerprint density at radius 3 is 2.48 bits per heavy atom. The zero-order valence-electron chi connectivity index (χ0n) is 18.4. The number of nitrogens with zero attached hydrogens (tertiary/aromatic N) is 7. The second-order valence-electron chi connectivity index (χ2n) is 9.24. The Hall–Kier alpha value is -2.57. The van der Waals surface area contributed by atoms with Crippen LogP contribution in [-0.2, 0) is 21.2 Å². The normalized spacial score (nSPS) is 21.8. The molecule has 6 rings (SSSR count). The predicted octanol–water partition coefficient (Wildman–Crippen LogP) is 0.139. The molecule has 5 heterocycles. The molecule has 0 bridgehead atoms. The van der Waals surface area contributed by atoms with E-state index in [1.54, 1.807) is 16.7 Å². The van der Waals surface area contributed by atoms with Crippen molar-refractivity contribution in [1.82, 2.24) is 24.2 Å². The highest BCUT2D eigenvalue weighted by Gasteiger charge is 2.43. The number of nitrogens with two attached hydrogens (primary N) is 1. The predicted molar refractivity (Wildman–Crippen MR) is 123 cm³/mol. The van der Waals surface area contributed by atoms with Gasteiger partial charge in [-0.1, -0.05) is 0 Å². The van der Waals surface area contributed by atoms with Crippen molar-refractivity contribution in [3.63, 3.8) is 0 Å². The summed E-state index contributed by atoms with van der Waals surface area (Å²) in [6.07, 6.45) is 6.27. The van der Waals surface area contributed by atoms with E-state index in [0.29, 0.717) is 43.9 Å². The van der Waals surface area contributed by atoms with Crippen LogP contribution >= 0.6 is 0 Å². The van der Waals surface area contributed by atoms with Crippen LogP contribution in [0.1, 0.15) is 18.4 Å². The van der Waals surface area contributed by atoms with Crippen molar-refractivity contribution in [2.24, 2.45) is 5.92 Å². The average Bonchev–Trinajstić information content (AvgIpc) is 3.49. The first kappa shape index (κ1) is 21.0. The standard InChI is InChI=1S/C21H28N8O3S/c22-20-23-9-15(10-24-20)18-17-3-4-29(16-11-28(12-16)33(30,31)13-14-1-2-14)19(17)26-21(25-18)27-5-7-32-8-6-27/h9-10,14,16H,1-8,11-13H2,(H2,22,23,24). The summed E-state index contributed by atoms with van der Waals surface area (Å²) in [6, 6.07) is 0.128. The SMILES string of the molecule is Nc1ncc(-c2nc(N3CCOCC3)nc3c2CCN3C2CN(S(=O)(=O)CC3CC3)C2)cn1. The fourth-order valence-corrected chi connectivity index (χ4v) is 6.69. The van der Waals surface area contributed by atoms with Crippen molar-refractivity contribution in [1.29, 1.82) is 0 Å². The Bertz CT molecular complexity index is 1140. The highest BCUT2D eigenvalue weighted by atomic mass is 32.2. The molecule has 0 radical (unpaired) electrons. The van der Waals surface area contributed by atoms with Gasteiger partial charge in [0, 0.05) is 56.2 Å². The summed E-state index contributed by atoms with van der Waals surface area (Å²) in [5, 5.41) is 0.